The average Bonchev–Trinajstić information content (AvgIpc) is 3.89. The zero-order valence-electron chi connectivity index (χ0n) is 35.3. The van der Waals surface area contributed by atoms with Crippen LogP contribution in [0.3, 0.4) is 0 Å². The van der Waals surface area contributed by atoms with E-state index in [0.717, 1.165) is 48.2 Å². The fourth-order valence-electron chi connectivity index (χ4n) is 6.27. The Hall–Kier alpha value is -6.88. The van der Waals surface area contributed by atoms with E-state index in [1.54, 1.807) is 39.0 Å². The fourth-order valence-corrected chi connectivity index (χ4v) is 6.27. The van der Waals surface area contributed by atoms with E-state index in [2.05, 4.69) is 35.2 Å². The van der Waals surface area contributed by atoms with E-state index in [1.807, 2.05) is 96.1 Å². The molecule has 6 aromatic rings. The molecule has 0 bridgehead atoms. The minimum atomic E-state index is -1.05. The molecule has 0 radical (unpaired) electrons. The summed E-state index contributed by atoms with van der Waals surface area (Å²) in [6.07, 6.45) is -0.548. The van der Waals surface area contributed by atoms with E-state index in [1.165, 1.54) is 6.07 Å². The van der Waals surface area contributed by atoms with Crippen molar-refractivity contribution in [2.45, 2.75) is 52.7 Å². The summed E-state index contributed by atoms with van der Waals surface area (Å²) >= 11 is 0. The monoisotopic (exact) mass is 832 g/mol. The third-order valence-electron chi connectivity index (χ3n) is 9.19. The highest BCUT2D eigenvalue weighted by atomic mass is 16.6. The molecule has 2 aromatic carbocycles. The molecule has 320 valence electrons. The molecule has 0 saturated carbocycles. The van der Waals surface area contributed by atoms with Crippen LogP contribution in [-0.4, -0.2) is 137 Å². The number of para-hydroxylation sites is 4. The Bertz CT molecular complexity index is 2410. The molecule has 61 heavy (non-hydrogen) atoms. The van der Waals surface area contributed by atoms with Crippen molar-refractivity contribution >= 4 is 46.1 Å². The SMILES string of the molecule is CC(C)(C)OC(=O)N1CCN(C(=O)c2cccc(-c3nc4ccccc4[nH]3)n2)CC1.CC(C)(C)OC(=O)N1CCNCC1.O=C(O)c1cccc(-c2nc3ccccc3[nH]2)n1. The number of hydrogen-bond donors (Lipinski definition) is 4. The van der Waals surface area contributed by atoms with Crippen LogP contribution in [0.15, 0.2) is 84.9 Å². The molecule has 8 rings (SSSR count). The molecule has 2 aliphatic rings. The van der Waals surface area contributed by atoms with Crippen LogP contribution in [0.25, 0.3) is 45.1 Å². The standard InChI is InChI=1S/C22H25N5O3.C13H9N3O2.C9H18N2O2/c1-22(2,3)30-21(29)27-13-11-26(12-14-27)20(28)18-10-6-9-17(23-18)19-24-15-7-4-5-8-16(15)25-19;17-13(18)11-7-3-6-10(14-11)12-15-8-4-1-2-5-9(8)16-12;1-9(2,3)13-8(12)11-6-4-10-5-7-11/h4-10H,11-14H2,1-3H3,(H,24,25);1-7H,(H,15,16)(H,17,18);10H,4-7H2,1-3H3. The first-order valence-corrected chi connectivity index (χ1v) is 20.1. The van der Waals surface area contributed by atoms with Crippen molar-refractivity contribution < 1.29 is 33.8 Å². The highest BCUT2D eigenvalue weighted by Gasteiger charge is 2.29. The van der Waals surface area contributed by atoms with Gasteiger partial charge in [0.2, 0.25) is 0 Å². The van der Waals surface area contributed by atoms with Gasteiger partial charge in [0.05, 0.1) is 22.1 Å². The second kappa shape index (κ2) is 19.0. The van der Waals surface area contributed by atoms with Gasteiger partial charge in [0.25, 0.3) is 5.91 Å². The third kappa shape index (κ3) is 12.1. The lowest BCUT2D eigenvalue weighted by Crippen LogP contribution is -2.51. The number of imidazole rings is 2. The second-order valence-electron chi connectivity index (χ2n) is 16.3. The highest BCUT2D eigenvalue weighted by molar-refractivity contribution is 5.93. The summed E-state index contributed by atoms with van der Waals surface area (Å²) in [7, 11) is 0. The number of carbonyl (C=O) groups excluding carboxylic acids is 3. The molecule has 0 aliphatic carbocycles. The van der Waals surface area contributed by atoms with Crippen molar-refractivity contribution in [3.8, 4) is 23.0 Å². The molecule has 4 N–H and O–H groups in total. The van der Waals surface area contributed by atoms with E-state index in [0.29, 0.717) is 54.9 Å². The van der Waals surface area contributed by atoms with Gasteiger partial charge >= 0.3 is 18.2 Å². The maximum Gasteiger partial charge on any atom is 0.410 e. The Morgan fingerprint density at radius 2 is 0.967 bits per heavy atom. The first kappa shape index (κ1) is 43.7. The van der Waals surface area contributed by atoms with Crippen LogP contribution in [0.5, 0.6) is 0 Å². The molecule has 2 fully saturated rings. The number of amides is 3. The zero-order chi connectivity index (χ0) is 43.7. The average molecular weight is 833 g/mol. The maximum atomic E-state index is 13.0. The quantitative estimate of drug-likeness (QED) is 0.151. The number of hydrogen-bond acceptors (Lipinski definition) is 11. The van der Waals surface area contributed by atoms with Gasteiger partial charge in [-0.1, -0.05) is 36.4 Å². The maximum absolute atomic E-state index is 13.0. The second-order valence-corrected chi connectivity index (χ2v) is 16.3. The number of rotatable bonds is 4. The van der Waals surface area contributed by atoms with Crippen molar-refractivity contribution in [3.63, 3.8) is 0 Å². The number of aromatic nitrogens is 6. The van der Waals surface area contributed by atoms with Crippen LogP contribution >= 0.6 is 0 Å². The summed E-state index contributed by atoms with van der Waals surface area (Å²) in [6.45, 7) is 16.1. The summed E-state index contributed by atoms with van der Waals surface area (Å²) < 4.78 is 10.6. The predicted molar refractivity (Wildman–Crippen MR) is 230 cm³/mol. The molecule has 0 spiro atoms. The Kier molecular flexibility index (Phi) is 13.6. The van der Waals surface area contributed by atoms with E-state index in [4.69, 9.17) is 14.6 Å². The van der Waals surface area contributed by atoms with Crippen LogP contribution < -0.4 is 5.32 Å². The summed E-state index contributed by atoms with van der Waals surface area (Å²) in [4.78, 5) is 76.5. The number of piperazine rings is 2. The molecular weight excluding hydrogens is 781 g/mol. The molecular formula is C44H52N10O7. The van der Waals surface area contributed by atoms with Gasteiger partial charge in [-0.3, -0.25) is 4.79 Å². The number of pyridine rings is 2. The van der Waals surface area contributed by atoms with Crippen molar-refractivity contribution in [2.24, 2.45) is 0 Å². The number of fused-ring (bicyclic) bond motifs is 2. The van der Waals surface area contributed by atoms with Crippen LogP contribution in [0.2, 0.25) is 0 Å². The van der Waals surface area contributed by atoms with Gasteiger partial charge in [-0.2, -0.15) is 0 Å². The summed E-state index contributed by atoms with van der Waals surface area (Å²) in [5.41, 5.74) is 4.08. The van der Waals surface area contributed by atoms with E-state index in [9.17, 15) is 19.2 Å². The Morgan fingerprint density at radius 1 is 0.541 bits per heavy atom. The first-order valence-electron chi connectivity index (χ1n) is 20.1. The molecule has 4 aromatic heterocycles. The highest BCUT2D eigenvalue weighted by Crippen LogP contribution is 2.21. The third-order valence-corrected chi connectivity index (χ3v) is 9.19. The predicted octanol–water partition coefficient (Wildman–Crippen LogP) is 6.47. The smallest absolute Gasteiger partial charge is 0.410 e. The number of nitrogens with zero attached hydrogens (tertiary/aromatic N) is 7. The Labute approximate surface area is 353 Å². The number of benzene rings is 2. The van der Waals surface area contributed by atoms with Gasteiger partial charge in [-0.15, -0.1) is 0 Å². The fraction of sp³-hybridized carbons (Fsp3) is 0.364. The summed E-state index contributed by atoms with van der Waals surface area (Å²) in [6, 6.07) is 25.5. The zero-order valence-corrected chi connectivity index (χ0v) is 35.3. The molecule has 6 heterocycles. The number of nitrogens with one attached hydrogen (secondary N) is 3. The van der Waals surface area contributed by atoms with Crippen molar-refractivity contribution in [1.82, 2.24) is 49.9 Å². The topological polar surface area (TPSA) is 212 Å². The van der Waals surface area contributed by atoms with Gasteiger partial charge in [0, 0.05) is 52.4 Å². The molecule has 17 heteroatoms. The van der Waals surface area contributed by atoms with Gasteiger partial charge in [-0.25, -0.2) is 34.3 Å². The number of carboxylic acid groups (broad SMARTS) is 1. The van der Waals surface area contributed by atoms with Crippen LogP contribution in [0.1, 0.15) is 62.5 Å². The molecule has 0 unspecified atom stereocenters. The van der Waals surface area contributed by atoms with Crippen molar-refractivity contribution in [1.29, 1.82) is 0 Å². The van der Waals surface area contributed by atoms with E-state index in [-0.39, 0.29) is 29.4 Å². The minimum absolute atomic E-state index is 0.00737. The lowest BCUT2D eigenvalue weighted by atomic mass is 10.2. The van der Waals surface area contributed by atoms with Gasteiger partial charge in [-0.05, 0) is 90.1 Å². The number of aromatic amines is 2. The van der Waals surface area contributed by atoms with Gasteiger partial charge in [0.15, 0.2) is 11.6 Å². The number of carbonyl (C=O) groups is 4. The van der Waals surface area contributed by atoms with Gasteiger partial charge < -0.3 is 44.6 Å². The van der Waals surface area contributed by atoms with Crippen molar-refractivity contribution in [2.75, 3.05) is 52.4 Å². The van der Waals surface area contributed by atoms with Crippen LogP contribution in [0, 0.1) is 0 Å². The summed E-state index contributed by atoms with van der Waals surface area (Å²) in [5, 5.41) is 12.1. The Morgan fingerprint density at radius 3 is 1.43 bits per heavy atom. The summed E-state index contributed by atoms with van der Waals surface area (Å²) in [5.74, 6) is -0.00958. The minimum Gasteiger partial charge on any atom is -0.477 e. The number of aromatic carboxylic acids is 1. The molecule has 17 nitrogen and oxygen atoms in total. The Balaban J connectivity index is 0.000000170. The normalized spacial score (nSPS) is 14.4. The van der Waals surface area contributed by atoms with Crippen LogP contribution in [0.4, 0.5) is 9.59 Å². The number of H-pyrrole nitrogens is 2. The first-order chi connectivity index (χ1) is 29.0. The van der Waals surface area contributed by atoms with Crippen molar-refractivity contribution in [3.05, 3.63) is 96.3 Å². The molecule has 2 aliphatic heterocycles. The number of ether oxygens (including phenoxy) is 2. The van der Waals surface area contributed by atoms with Gasteiger partial charge in [0.1, 0.15) is 34.0 Å². The van der Waals surface area contributed by atoms with E-state index < -0.39 is 11.6 Å². The lowest BCUT2D eigenvalue weighted by Gasteiger charge is -2.35. The lowest BCUT2D eigenvalue weighted by molar-refractivity contribution is 0.0139. The molecule has 3 amide bonds. The largest absolute Gasteiger partial charge is 0.477 e. The molecule has 0 atom stereocenters. The van der Waals surface area contributed by atoms with Crippen LogP contribution in [-0.2, 0) is 9.47 Å². The number of carboxylic acids is 1. The van der Waals surface area contributed by atoms with E-state index >= 15 is 0 Å². The molecule has 2 saturated heterocycles.